The average molecular weight is 570 g/mol. The molecule has 6 rings (SSSR count). The van der Waals surface area contributed by atoms with Crippen molar-refractivity contribution in [3.05, 3.63) is 64.9 Å². The number of benzene rings is 2. The van der Waals surface area contributed by atoms with Crippen LogP contribution in [0.25, 0.3) is 27.6 Å². The third-order valence-electron chi connectivity index (χ3n) is 8.18. The number of allylic oxidation sites excluding steroid dienone is 1. The monoisotopic (exact) mass is 569 g/mol. The first-order valence-corrected chi connectivity index (χ1v) is 13.9. The predicted octanol–water partition coefficient (Wildman–Crippen LogP) is 3.69. The molecule has 0 bridgehead atoms. The number of cyclic esters (lactones) is 1. The van der Waals surface area contributed by atoms with Gasteiger partial charge in [-0.2, -0.15) is 0 Å². The van der Waals surface area contributed by atoms with Crippen molar-refractivity contribution in [2.75, 3.05) is 25.3 Å². The molecule has 1 aliphatic carbocycles. The highest BCUT2D eigenvalue weighted by Gasteiger charge is 2.46. The Morgan fingerprint density at radius 3 is 2.55 bits per heavy atom. The van der Waals surface area contributed by atoms with E-state index in [1.807, 2.05) is 38.1 Å². The van der Waals surface area contributed by atoms with Crippen molar-refractivity contribution in [1.29, 1.82) is 0 Å². The van der Waals surface area contributed by atoms with Gasteiger partial charge in [0, 0.05) is 34.2 Å². The molecule has 3 aliphatic rings. The minimum absolute atomic E-state index is 0.0515. The number of pyridine rings is 1. The summed E-state index contributed by atoms with van der Waals surface area (Å²) in [6.45, 7) is 5.15. The molecule has 2 aliphatic heterocycles. The van der Waals surface area contributed by atoms with E-state index in [-0.39, 0.29) is 43.6 Å². The summed E-state index contributed by atoms with van der Waals surface area (Å²) < 4.78 is 16.6. The van der Waals surface area contributed by atoms with Crippen LogP contribution in [-0.4, -0.2) is 53.3 Å². The smallest absolute Gasteiger partial charge is 0.343 e. The number of ether oxygens (including phenoxy) is 3. The zero-order chi connectivity index (χ0) is 29.8. The number of nitrogens with zero attached hydrogens (tertiary/aromatic N) is 1. The lowest BCUT2D eigenvalue weighted by atomic mass is 9.81. The van der Waals surface area contributed by atoms with E-state index in [1.165, 1.54) is 0 Å². The van der Waals surface area contributed by atoms with Gasteiger partial charge in [0.05, 0.1) is 17.8 Å². The number of esters is 1. The van der Waals surface area contributed by atoms with E-state index in [4.69, 9.17) is 24.9 Å². The summed E-state index contributed by atoms with van der Waals surface area (Å²) >= 11 is 0. The topological polar surface area (TPSA) is 150 Å². The number of fused-ring (bicyclic) bond motifs is 3. The van der Waals surface area contributed by atoms with Crippen LogP contribution in [0.3, 0.4) is 0 Å². The molecule has 3 aromatic rings. The molecule has 1 unspecified atom stereocenters. The molecule has 1 amide bonds. The Kier molecular flexibility index (Phi) is 6.83. The number of Topliss-reactive ketones (excluding diaryl/α,β-unsaturated/α-hetero) is 1. The first-order valence-electron chi connectivity index (χ1n) is 13.9. The number of carbonyl (C=O) groups is 3. The normalized spacial score (nSPS) is 22.8. The van der Waals surface area contributed by atoms with Gasteiger partial charge in [-0.25, -0.2) is 9.78 Å². The van der Waals surface area contributed by atoms with Crippen molar-refractivity contribution < 1.29 is 33.7 Å². The third kappa shape index (κ3) is 4.43. The summed E-state index contributed by atoms with van der Waals surface area (Å²) in [5, 5.41) is 15.0. The van der Waals surface area contributed by atoms with E-state index in [9.17, 15) is 19.5 Å². The fourth-order valence-electron chi connectivity index (χ4n) is 5.90. The maximum Gasteiger partial charge on any atom is 0.343 e. The zero-order valence-corrected chi connectivity index (χ0v) is 23.6. The first-order chi connectivity index (χ1) is 20.1. The van der Waals surface area contributed by atoms with Gasteiger partial charge in [0.15, 0.2) is 22.9 Å². The summed E-state index contributed by atoms with van der Waals surface area (Å²) in [5.74, 6) is -0.606. The summed E-state index contributed by atoms with van der Waals surface area (Å²) in [7, 11) is 0. The maximum absolute atomic E-state index is 13.9. The Balaban J connectivity index is 1.63. The highest BCUT2D eigenvalue weighted by atomic mass is 16.7. The van der Waals surface area contributed by atoms with Crippen LogP contribution in [0.15, 0.2) is 53.6 Å². The number of hydrogen-bond acceptors (Lipinski definition) is 9. The first kappa shape index (κ1) is 27.6. The van der Waals surface area contributed by atoms with Gasteiger partial charge in [-0.1, -0.05) is 26.0 Å². The van der Waals surface area contributed by atoms with Gasteiger partial charge < -0.3 is 30.4 Å². The van der Waals surface area contributed by atoms with Crippen LogP contribution in [0.5, 0.6) is 11.5 Å². The number of nitrogens with one attached hydrogen (secondary N) is 1. The lowest BCUT2D eigenvalue weighted by Crippen LogP contribution is -2.46. The maximum atomic E-state index is 13.9. The number of rotatable bonds is 4. The second-order valence-electron chi connectivity index (χ2n) is 10.8. The van der Waals surface area contributed by atoms with Crippen molar-refractivity contribution >= 4 is 39.8 Å². The van der Waals surface area contributed by atoms with E-state index in [0.717, 1.165) is 22.1 Å². The number of aromatic nitrogens is 1. The minimum atomic E-state index is -1.94. The van der Waals surface area contributed by atoms with Gasteiger partial charge in [0.1, 0.15) is 6.61 Å². The predicted molar refractivity (Wildman–Crippen MR) is 156 cm³/mol. The molecular formula is C32H31N3O7. The molecule has 0 fully saturated rings. The number of hydrogen-bond donors (Lipinski definition) is 3. The second-order valence-corrected chi connectivity index (χ2v) is 10.8. The highest BCUT2D eigenvalue weighted by Crippen LogP contribution is 2.44. The Morgan fingerprint density at radius 1 is 1.14 bits per heavy atom. The van der Waals surface area contributed by atoms with Crippen molar-refractivity contribution in [2.24, 2.45) is 11.7 Å². The summed E-state index contributed by atoms with van der Waals surface area (Å²) in [6, 6.07) is 11.1. The van der Waals surface area contributed by atoms with Gasteiger partial charge in [0.25, 0.3) is 0 Å². The largest absolute Gasteiger partial charge is 0.458 e. The minimum Gasteiger partial charge on any atom is -0.458 e. The molecule has 2 atom stereocenters. The molecule has 1 aromatic heterocycles. The molecule has 0 saturated heterocycles. The molecule has 0 spiro atoms. The number of anilines is 1. The lowest BCUT2D eigenvalue weighted by Gasteiger charge is -2.33. The van der Waals surface area contributed by atoms with Crippen molar-refractivity contribution in [3.8, 4) is 22.6 Å². The molecular weight excluding hydrogens is 538 g/mol. The molecule has 0 radical (unpaired) electrons. The molecule has 10 nitrogen and oxygen atoms in total. The van der Waals surface area contributed by atoms with Crippen LogP contribution in [0, 0.1) is 5.92 Å². The van der Waals surface area contributed by atoms with E-state index < -0.39 is 17.5 Å². The molecule has 42 heavy (non-hydrogen) atoms. The van der Waals surface area contributed by atoms with E-state index in [0.29, 0.717) is 46.0 Å². The number of aliphatic hydroxyl groups is 1. The molecule has 3 heterocycles. The number of nitrogens with two attached hydrogens (primary N) is 1. The fraction of sp³-hybridized carbons (Fsp3) is 0.312. The van der Waals surface area contributed by atoms with E-state index in [1.54, 1.807) is 25.1 Å². The van der Waals surface area contributed by atoms with Crippen LogP contribution in [0.4, 0.5) is 5.69 Å². The lowest BCUT2D eigenvalue weighted by molar-refractivity contribution is -0.163. The molecule has 216 valence electrons. The summed E-state index contributed by atoms with van der Waals surface area (Å²) in [5.41, 5.74) is 9.20. The van der Waals surface area contributed by atoms with Crippen molar-refractivity contribution in [1.82, 2.24) is 4.98 Å². The SMILES string of the molecule is CC[C@@]1(O)C(=O)OCC2=C1/C=C(\C)c1nc3cc4c(cc3c(-c3ccc(NC(=O)CN)cc3)c1CC(C)C2=O)OCO4. The van der Waals surface area contributed by atoms with Crippen LogP contribution >= 0.6 is 0 Å². The van der Waals surface area contributed by atoms with Crippen LogP contribution < -0.4 is 20.5 Å². The van der Waals surface area contributed by atoms with E-state index in [2.05, 4.69) is 5.32 Å². The Labute approximate surface area is 242 Å². The van der Waals surface area contributed by atoms with E-state index >= 15 is 0 Å². The fourth-order valence-corrected chi connectivity index (χ4v) is 5.90. The standard InChI is InChI=1S/C32H31N3O7/c1-4-32(39)23-10-16(2)29-21(9-17(3)30(37)22(23)14-40-31(32)38)28(18-5-7-19(8-6-18)34-27(36)13-33)20-11-25-26(42-15-41-25)12-24(20)35-29/h5-8,10-12,17,39H,4,9,13-15,33H2,1-3H3,(H,34,36)/b16-10+/t17?,32-/m0/s1. The van der Waals surface area contributed by atoms with Gasteiger partial charge in [-0.05, 0) is 66.3 Å². The van der Waals surface area contributed by atoms with Crippen LogP contribution in [0.2, 0.25) is 0 Å². The second kappa shape index (κ2) is 10.4. The Morgan fingerprint density at radius 2 is 1.86 bits per heavy atom. The number of carbonyl (C=O) groups excluding carboxylic acids is 3. The third-order valence-corrected chi connectivity index (χ3v) is 8.18. The molecule has 10 heteroatoms. The quantitative estimate of drug-likeness (QED) is 0.400. The van der Waals surface area contributed by atoms with Gasteiger partial charge in [0.2, 0.25) is 12.7 Å². The molecule has 0 saturated carbocycles. The highest BCUT2D eigenvalue weighted by molar-refractivity contribution is 6.05. The zero-order valence-electron chi connectivity index (χ0n) is 23.6. The summed E-state index contributed by atoms with van der Waals surface area (Å²) in [6.07, 6.45) is 2.10. The summed E-state index contributed by atoms with van der Waals surface area (Å²) in [4.78, 5) is 43.5. The Hall–Kier alpha value is -4.54. The van der Waals surface area contributed by atoms with Crippen molar-refractivity contribution in [2.45, 2.75) is 39.2 Å². The number of amides is 1. The van der Waals surface area contributed by atoms with Gasteiger partial charge in [-0.15, -0.1) is 0 Å². The van der Waals surface area contributed by atoms with Crippen molar-refractivity contribution in [3.63, 3.8) is 0 Å². The van der Waals surface area contributed by atoms with Gasteiger partial charge >= 0.3 is 5.97 Å². The Bertz CT molecular complexity index is 1720. The average Bonchev–Trinajstić information content (AvgIpc) is 3.46. The molecule has 2 aromatic carbocycles. The van der Waals surface area contributed by atoms with Crippen LogP contribution in [0.1, 0.15) is 38.4 Å². The van der Waals surface area contributed by atoms with Crippen LogP contribution in [-0.2, 0) is 25.5 Å². The van der Waals surface area contributed by atoms with Gasteiger partial charge in [-0.3, -0.25) is 9.59 Å². The number of ketones is 1. The molecule has 4 N–H and O–H groups in total.